The van der Waals surface area contributed by atoms with Crippen LogP contribution < -0.4 is 14.2 Å². The van der Waals surface area contributed by atoms with Crippen molar-refractivity contribution in [1.82, 2.24) is 4.90 Å². The van der Waals surface area contributed by atoms with Crippen molar-refractivity contribution in [1.29, 1.82) is 0 Å². The van der Waals surface area contributed by atoms with E-state index >= 15 is 0 Å². The number of aliphatic carboxylic acids is 1. The maximum absolute atomic E-state index is 12.8. The van der Waals surface area contributed by atoms with Gasteiger partial charge >= 0.3 is 5.97 Å². The van der Waals surface area contributed by atoms with E-state index in [2.05, 4.69) is 0 Å². The third-order valence-electron chi connectivity index (χ3n) is 4.68. The van der Waals surface area contributed by atoms with E-state index in [9.17, 15) is 14.4 Å². The number of hydrogen-bond donors (Lipinski definition) is 1. The number of thioether (sulfide) groups is 1. The highest BCUT2D eigenvalue weighted by Gasteiger charge is 2.35. The van der Waals surface area contributed by atoms with Crippen LogP contribution in [0.2, 0.25) is 5.02 Å². The van der Waals surface area contributed by atoms with Crippen LogP contribution in [0.25, 0.3) is 6.08 Å². The lowest BCUT2D eigenvalue weighted by atomic mass is 10.1. The molecule has 0 radical (unpaired) electrons. The molecule has 0 aliphatic carbocycles. The predicted molar refractivity (Wildman–Crippen MR) is 125 cm³/mol. The first-order valence-electron chi connectivity index (χ1n) is 9.87. The second kappa shape index (κ2) is 10.6. The number of nitrogens with zero attached hydrogens (tertiary/aromatic N) is 1. The van der Waals surface area contributed by atoms with Gasteiger partial charge in [-0.05, 0) is 66.6 Å². The molecule has 8 nitrogen and oxygen atoms in total. The Bertz CT molecular complexity index is 1130. The molecule has 0 atom stereocenters. The fourth-order valence-corrected chi connectivity index (χ4v) is 4.19. The largest absolute Gasteiger partial charge is 0.493 e. The average Bonchev–Trinajstić information content (AvgIpc) is 3.02. The molecule has 0 aromatic heterocycles. The zero-order chi connectivity index (χ0) is 24.1. The van der Waals surface area contributed by atoms with Gasteiger partial charge in [0.25, 0.3) is 11.1 Å². The molecule has 1 aliphatic rings. The highest BCUT2D eigenvalue weighted by atomic mass is 35.5. The minimum absolute atomic E-state index is 0.0791. The summed E-state index contributed by atoms with van der Waals surface area (Å²) < 4.78 is 16.2. The number of carboxylic acids is 1. The number of carboxylic acid groups (broad SMARTS) is 1. The molecule has 1 fully saturated rings. The smallest absolute Gasteiger partial charge is 0.341 e. The van der Waals surface area contributed by atoms with E-state index in [0.29, 0.717) is 11.3 Å². The standard InChI is InChI=1S/C23H22ClNO7S/c1-13-4-5-14(2)17(8-13)31-7-6-25-22(28)19(33-23(25)29)11-15-9-16(24)21(18(10-15)30-3)32-12-20(26)27/h4-5,8-11H,6-7,12H2,1-3H3,(H,26,27)/b19-11-. The summed E-state index contributed by atoms with van der Waals surface area (Å²) in [6.07, 6.45) is 1.52. The number of carbonyl (C=O) groups is 3. The van der Waals surface area contributed by atoms with Crippen molar-refractivity contribution in [2.75, 3.05) is 26.9 Å². The van der Waals surface area contributed by atoms with Gasteiger partial charge in [-0.2, -0.15) is 0 Å². The number of methoxy groups -OCH3 is 1. The number of benzene rings is 2. The summed E-state index contributed by atoms with van der Waals surface area (Å²) in [4.78, 5) is 37.3. The molecule has 1 saturated heterocycles. The molecule has 1 N–H and O–H groups in total. The van der Waals surface area contributed by atoms with Crippen molar-refractivity contribution >= 4 is 46.6 Å². The number of carbonyl (C=O) groups excluding carboxylic acids is 2. The Labute approximate surface area is 200 Å². The van der Waals surface area contributed by atoms with E-state index in [4.69, 9.17) is 30.9 Å². The highest BCUT2D eigenvalue weighted by molar-refractivity contribution is 8.18. The molecule has 0 bridgehead atoms. The Kier molecular flexibility index (Phi) is 7.88. The number of amides is 2. The van der Waals surface area contributed by atoms with Crippen molar-refractivity contribution in [2.24, 2.45) is 0 Å². The van der Waals surface area contributed by atoms with Crippen LogP contribution in [0.1, 0.15) is 16.7 Å². The molecule has 0 saturated carbocycles. The Hall–Kier alpha value is -3.17. The van der Waals surface area contributed by atoms with E-state index in [1.165, 1.54) is 19.3 Å². The maximum atomic E-state index is 12.8. The van der Waals surface area contributed by atoms with Gasteiger partial charge < -0.3 is 19.3 Å². The number of ether oxygens (including phenoxy) is 3. The summed E-state index contributed by atoms with van der Waals surface area (Å²) in [6.45, 7) is 3.58. The highest BCUT2D eigenvalue weighted by Crippen LogP contribution is 2.39. The molecule has 0 unspecified atom stereocenters. The number of aryl methyl sites for hydroxylation is 2. The Morgan fingerprint density at radius 1 is 1.15 bits per heavy atom. The first-order valence-corrected chi connectivity index (χ1v) is 11.1. The van der Waals surface area contributed by atoms with Crippen LogP contribution >= 0.6 is 23.4 Å². The summed E-state index contributed by atoms with van der Waals surface area (Å²) >= 11 is 7.03. The van der Waals surface area contributed by atoms with Crippen molar-refractivity contribution < 1.29 is 33.7 Å². The molecule has 2 amide bonds. The zero-order valence-corrected chi connectivity index (χ0v) is 19.8. The number of rotatable bonds is 9. The topological polar surface area (TPSA) is 102 Å². The van der Waals surface area contributed by atoms with Gasteiger partial charge in [-0.3, -0.25) is 14.5 Å². The quantitative estimate of drug-likeness (QED) is 0.510. The summed E-state index contributed by atoms with van der Waals surface area (Å²) in [5.74, 6) is -0.598. The molecule has 1 heterocycles. The molecular weight excluding hydrogens is 470 g/mol. The summed E-state index contributed by atoms with van der Waals surface area (Å²) in [5.41, 5.74) is 2.52. The van der Waals surface area contributed by atoms with Gasteiger partial charge in [-0.15, -0.1) is 0 Å². The van der Waals surface area contributed by atoms with E-state index in [1.807, 2.05) is 32.0 Å². The maximum Gasteiger partial charge on any atom is 0.341 e. The third kappa shape index (κ3) is 6.00. The van der Waals surface area contributed by atoms with Crippen LogP contribution in [-0.2, 0) is 9.59 Å². The van der Waals surface area contributed by atoms with Crippen molar-refractivity contribution in [2.45, 2.75) is 13.8 Å². The van der Waals surface area contributed by atoms with Crippen molar-refractivity contribution in [3.63, 3.8) is 0 Å². The van der Waals surface area contributed by atoms with Crippen LogP contribution in [0.4, 0.5) is 4.79 Å². The molecule has 0 spiro atoms. The normalized spacial score (nSPS) is 14.7. The van der Waals surface area contributed by atoms with Crippen molar-refractivity contribution in [3.8, 4) is 17.2 Å². The van der Waals surface area contributed by atoms with E-state index in [1.54, 1.807) is 6.07 Å². The summed E-state index contributed by atoms with van der Waals surface area (Å²) in [6, 6.07) is 8.88. The minimum Gasteiger partial charge on any atom is -0.493 e. The fourth-order valence-electron chi connectivity index (χ4n) is 3.05. The van der Waals surface area contributed by atoms with E-state index < -0.39 is 23.7 Å². The summed E-state index contributed by atoms with van der Waals surface area (Å²) in [5, 5.41) is 8.52. The minimum atomic E-state index is -1.16. The lowest BCUT2D eigenvalue weighted by Gasteiger charge is -2.14. The molecule has 2 aromatic rings. The molecule has 2 aromatic carbocycles. The van der Waals surface area contributed by atoms with Crippen LogP contribution in [0, 0.1) is 13.8 Å². The molecule has 10 heteroatoms. The van der Waals surface area contributed by atoms with Gasteiger partial charge in [0.05, 0.1) is 23.6 Å². The third-order valence-corrected chi connectivity index (χ3v) is 5.87. The van der Waals surface area contributed by atoms with Crippen LogP contribution in [0.3, 0.4) is 0 Å². The van der Waals surface area contributed by atoms with Gasteiger partial charge in [-0.25, -0.2) is 4.79 Å². The molecule has 3 rings (SSSR count). The predicted octanol–water partition coefficient (Wildman–Crippen LogP) is 4.54. The average molecular weight is 492 g/mol. The van der Waals surface area contributed by atoms with Gasteiger partial charge in [-0.1, -0.05) is 23.7 Å². The SMILES string of the molecule is COc1cc(/C=C2\SC(=O)N(CCOc3cc(C)ccc3C)C2=O)cc(Cl)c1OCC(=O)O. The Morgan fingerprint density at radius 3 is 2.61 bits per heavy atom. The van der Waals surface area contributed by atoms with Gasteiger partial charge in [0.15, 0.2) is 18.1 Å². The molecule has 174 valence electrons. The van der Waals surface area contributed by atoms with Crippen LogP contribution in [0.15, 0.2) is 35.2 Å². The second-order valence-electron chi connectivity index (χ2n) is 7.17. The zero-order valence-electron chi connectivity index (χ0n) is 18.2. The van der Waals surface area contributed by atoms with E-state index in [-0.39, 0.29) is 34.6 Å². The monoisotopic (exact) mass is 491 g/mol. The second-order valence-corrected chi connectivity index (χ2v) is 8.57. The summed E-state index contributed by atoms with van der Waals surface area (Å²) in [7, 11) is 1.38. The first-order chi connectivity index (χ1) is 15.7. The molecule has 33 heavy (non-hydrogen) atoms. The fraction of sp³-hybridized carbons (Fsp3) is 0.261. The lowest BCUT2D eigenvalue weighted by Crippen LogP contribution is -2.32. The molecular formula is C23H22ClNO7S. The Balaban J connectivity index is 1.71. The lowest BCUT2D eigenvalue weighted by molar-refractivity contribution is -0.139. The number of imide groups is 1. The molecule has 1 aliphatic heterocycles. The van der Waals surface area contributed by atoms with E-state index in [0.717, 1.165) is 27.8 Å². The Morgan fingerprint density at radius 2 is 1.91 bits per heavy atom. The van der Waals surface area contributed by atoms with Crippen LogP contribution in [0.5, 0.6) is 17.2 Å². The van der Waals surface area contributed by atoms with Crippen molar-refractivity contribution in [3.05, 3.63) is 56.9 Å². The van der Waals surface area contributed by atoms with Gasteiger partial charge in [0.2, 0.25) is 0 Å². The van der Waals surface area contributed by atoms with Gasteiger partial charge in [0.1, 0.15) is 12.4 Å². The number of hydrogen-bond acceptors (Lipinski definition) is 7. The van der Waals surface area contributed by atoms with Crippen LogP contribution in [-0.4, -0.2) is 54.0 Å². The number of halogens is 1. The first kappa shape index (κ1) is 24.5. The van der Waals surface area contributed by atoms with Gasteiger partial charge in [0, 0.05) is 0 Å².